The van der Waals surface area contributed by atoms with Crippen LogP contribution in [0.4, 0.5) is 23.1 Å². The van der Waals surface area contributed by atoms with E-state index in [-0.39, 0.29) is 17.5 Å². The Morgan fingerprint density at radius 1 is 1.35 bits per heavy atom. The van der Waals surface area contributed by atoms with Crippen molar-refractivity contribution < 1.29 is 22.8 Å². The van der Waals surface area contributed by atoms with Gasteiger partial charge in [-0.25, -0.2) is 9.78 Å². The molecule has 0 bridgehead atoms. The Morgan fingerprint density at radius 2 is 2.08 bits per heavy atom. The standard InChI is InChI=1S/C15H14F3N5O2S/c1-8-11(12(19)24)26-13(21-8)23-5-4-22(14(23)25)7-9-2-3-10(20-6-9)15(16,17)18/h2-3,6H,4-5,7H2,1H3,(H2,19,24). The van der Waals surface area contributed by atoms with Crippen LogP contribution in [-0.4, -0.2) is 39.9 Å². The molecule has 0 atom stereocenters. The summed E-state index contributed by atoms with van der Waals surface area (Å²) in [6, 6.07) is 1.84. The molecule has 0 spiro atoms. The van der Waals surface area contributed by atoms with Gasteiger partial charge in [0.25, 0.3) is 5.91 Å². The fourth-order valence-electron chi connectivity index (χ4n) is 2.54. The average Bonchev–Trinajstić information content (AvgIpc) is 3.11. The molecule has 0 unspecified atom stereocenters. The Labute approximate surface area is 150 Å². The SMILES string of the molecule is Cc1nc(N2CCN(Cc3ccc(C(F)(F)F)nc3)C2=O)sc1C(N)=O. The van der Waals surface area contributed by atoms with Gasteiger partial charge in [0, 0.05) is 25.8 Å². The number of carbonyl (C=O) groups excluding carboxylic acids is 2. The summed E-state index contributed by atoms with van der Waals surface area (Å²) in [5.41, 5.74) is 5.23. The smallest absolute Gasteiger partial charge is 0.365 e. The molecule has 7 nitrogen and oxygen atoms in total. The molecule has 11 heteroatoms. The highest BCUT2D eigenvalue weighted by molar-refractivity contribution is 7.17. The quantitative estimate of drug-likeness (QED) is 0.875. The highest BCUT2D eigenvalue weighted by atomic mass is 32.1. The lowest BCUT2D eigenvalue weighted by Crippen LogP contribution is -2.31. The largest absolute Gasteiger partial charge is 0.433 e. The van der Waals surface area contributed by atoms with Gasteiger partial charge in [0.15, 0.2) is 5.13 Å². The minimum atomic E-state index is -4.50. The van der Waals surface area contributed by atoms with Crippen molar-refractivity contribution in [1.29, 1.82) is 0 Å². The van der Waals surface area contributed by atoms with Crippen LogP contribution in [0.1, 0.15) is 26.6 Å². The van der Waals surface area contributed by atoms with Crippen LogP contribution in [0.5, 0.6) is 0 Å². The first-order chi connectivity index (χ1) is 12.2. The summed E-state index contributed by atoms with van der Waals surface area (Å²) in [7, 11) is 0. The van der Waals surface area contributed by atoms with Crippen molar-refractivity contribution in [2.45, 2.75) is 19.6 Å². The monoisotopic (exact) mass is 385 g/mol. The molecule has 0 radical (unpaired) electrons. The van der Waals surface area contributed by atoms with Gasteiger partial charge in [0.1, 0.15) is 10.6 Å². The lowest BCUT2D eigenvalue weighted by Gasteiger charge is -2.17. The van der Waals surface area contributed by atoms with Gasteiger partial charge in [0.2, 0.25) is 0 Å². The van der Waals surface area contributed by atoms with Gasteiger partial charge in [0.05, 0.1) is 5.69 Å². The molecule has 26 heavy (non-hydrogen) atoms. The molecule has 2 aromatic rings. The molecule has 0 saturated carbocycles. The number of alkyl halides is 3. The predicted molar refractivity (Wildman–Crippen MR) is 87.8 cm³/mol. The zero-order valence-electron chi connectivity index (χ0n) is 13.6. The molecule has 3 amide bonds. The van der Waals surface area contributed by atoms with Gasteiger partial charge >= 0.3 is 12.2 Å². The van der Waals surface area contributed by atoms with E-state index in [0.29, 0.717) is 29.5 Å². The van der Waals surface area contributed by atoms with Gasteiger partial charge in [-0.2, -0.15) is 13.2 Å². The minimum absolute atomic E-state index is 0.132. The van der Waals surface area contributed by atoms with Crippen LogP contribution < -0.4 is 10.6 Å². The molecule has 0 aromatic carbocycles. The number of aryl methyl sites for hydroxylation is 1. The van der Waals surface area contributed by atoms with E-state index in [0.717, 1.165) is 23.6 Å². The van der Waals surface area contributed by atoms with E-state index in [1.54, 1.807) is 6.92 Å². The van der Waals surface area contributed by atoms with Gasteiger partial charge in [-0.3, -0.25) is 14.7 Å². The van der Waals surface area contributed by atoms with E-state index in [1.807, 2.05) is 0 Å². The van der Waals surface area contributed by atoms with Gasteiger partial charge in [-0.05, 0) is 18.6 Å². The number of hydrogen-bond acceptors (Lipinski definition) is 5. The number of aromatic nitrogens is 2. The minimum Gasteiger partial charge on any atom is -0.365 e. The molecule has 2 N–H and O–H groups in total. The summed E-state index contributed by atoms with van der Waals surface area (Å²) in [6.45, 7) is 2.50. The van der Waals surface area contributed by atoms with Crippen LogP contribution >= 0.6 is 11.3 Å². The summed E-state index contributed by atoms with van der Waals surface area (Å²) >= 11 is 1.04. The molecular formula is C15H14F3N5O2S. The third-order valence-corrected chi connectivity index (χ3v) is 5.02. The maximum atomic E-state index is 12.5. The number of amides is 3. The lowest BCUT2D eigenvalue weighted by atomic mass is 10.2. The molecule has 138 valence electrons. The van der Waals surface area contributed by atoms with E-state index in [2.05, 4.69) is 9.97 Å². The van der Waals surface area contributed by atoms with Gasteiger partial charge in [-0.15, -0.1) is 0 Å². The summed E-state index contributed by atoms with van der Waals surface area (Å²) in [4.78, 5) is 34.6. The number of primary amides is 1. The van der Waals surface area contributed by atoms with Crippen molar-refractivity contribution in [2.24, 2.45) is 5.73 Å². The van der Waals surface area contributed by atoms with Crippen LogP contribution in [-0.2, 0) is 12.7 Å². The third-order valence-electron chi connectivity index (χ3n) is 3.82. The van der Waals surface area contributed by atoms with Crippen molar-refractivity contribution in [3.05, 3.63) is 40.2 Å². The van der Waals surface area contributed by atoms with Gasteiger partial charge < -0.3 is 10.6 Å². The molecule has 1 saturated heterocycles. The van der Waals surface area contributed by atoms with E-state index >= 15 is 0 Å². The average molecular weight is 385 g/mol. The predicted octanol–water partition coefficient (Wildman–Crippen LogP) is 2.41. The van der Waals surface area contributed by atoms with Crippen molar-refractivity contribution in [3.63, 3.8) is 0 Å². The topological polar surface area (TPSA) is 92.4 Å². The number of carbonyl (C=O) groups is 2. The van der Waals surface area contributed by atoms with Crippen LogP contribution in [0.2, 0.25) is 0 Å². The van der Waals surface area contributed by atoms with Crippen LogP contribution in [0.15, 0.2) is 18.3 Å². The number of nitrogens with two attached hydrogens (primary N) is 1. The number of nitrogens with zero attached hydrogens (tertiary/aromatic N) is 4. The third kappa shape index (κ3) is 3.47. The van der Waals surface area contributed by atoms with Crippen molar-refractivity contribution in [3.8, 4) is 0 Å². The van der Waals surface area contributed by atoms with E-state index in [1.165, 1.54) is 15.9 Å². The summed E-state index contributed by atoms with van der Waals surface area (Å²) in [5, 5.41) is 0.370. The Morgan fingerprint density at radius 3 is 2.62 bits per heavy atom. The number of anilines is 1. The van der Waals surface area contributed by atoms with E-state index in [9.17, 15) is 22.8 Å². The lowest BCUT2D eigenvalue weighted by molar-refractivity contribution is -0.141. The molecule has 1 aliphatic heterocycles. The Balaban J connectivity index is 1.71. The van der Waals surface area contributed by atoms with E-state index in [4.69, 9.17) is 5.73 Å². The summed E-state index contributed by atoms with van der Waals surface area (Å²) < 4.78 is 37.6. The molecule has 1 aliphatic rings. The zero-order valence-corrected chi connectivity index (χ0v) is 14.4. The fourth-order valence-corrected chi connectivity index (χ4v) is 3.48. The van der Waals surface area contributed by atoms with Crippen molar-refractivity contribution in [1.82, 2.24) is 14.9 Å². The van der Waals surface area contributed by atoms with Crippen LogP contribution in [0.3, 0.4) is 0 Å². The molecule has 1 fully saturated rings. The first kappa shape index (κ1) is 18.1. The van der Waals surface area contributed by atoms with E-state index < -0.39 is 17.8 Å². The maximum Gasteiger partial charge on any atom is 0.433 e. The van der Waals surface area contributed by atoms with Crippen molar-refractivity contribution in [2.75, 3.05) is 18.0 Å². The Hall–Kier alpha value is -2.69. The number of halogens is 3. The number of thiazole rings is 1. The highest BCUT2D eigenvalue weighted by Gasteiger charge is 2.34. The molecule has 3 rings (SSSR count). The van der Waals surface area contributed by atoms with Gasteiger partial charge in [-0.1, -0.05) is 17.4 Å². The second kappa shape index (κ2) is 6.56. The number of urea groups is 1. The normalized spacial score (nSPS) is 15.0. The number of hydrogen-bond donors (Lipinski definition) is 1. The summed E-state index contributed by atoms with van der Waals surface area (Å²) in [6.07, 6.45) is -3.39. The highest BCUT2D eigenvalue weighted by Crippen LogP contribution is 2.30. The molecule has 3 heterocycles. The van der Waals surface area contributed by atoms with Crippen LogP contribution in [0.25, 0.3) is 0 Å². The number of pyridine rings is 1. The maximum absolute atomic E-state index is 12.5. The second-order valence-corrected chi connectivity index (χ2v) is 6.66. The molecular weight excluding hydrogens is 371 g/mol. The molecule has 0 aliphatic carbocycles. The van der Waals surface area contributed by atoms with Crippen molar-refractivity contribution >= 4 is 28.4 Å². The Kier molecular flexibility index (Phi) is 4.57. The Bertz CT molecular complexity index is 850. The first-order valence-electron chi connectivity index (χ1n) is 7.52. The fraction of sp³-hybridized carbons (Fsp3) is 0.333. The van der Waals surface area contributed by atoms with Crippen LogP contribution in [0, 0.1) is 6.92 Å². The zero-order chi connectivity index (χ0) is 19.1. The first-order valence-corrected chi connectivity index (χ1v) is 8.34. The second-order valence-electron chi connectivity index (χ2n) is 5.68. The molecule has 2 aromatic heterocycles. The number of rotatable bonds is 4. The summed E-state index contributed by atoms with van der Waals surface area (Å²) in [5.74, 6) is -0.606.